The zero-order chi connectivity index (χ0) is 17.0. The van der Waals surface area contributed by atoms with Crippen molar-refractivity contribution in [3.8, 4) is 5.75 Å². The molecular formula is C17H23NO5. The van der Waals surface area contributed by atoms with Crippen molar-refractivity contribution in [1.82, 2.24) is 4.90 Å². The highest BCUT2D eigenvalue weighted by atomic mass is 16.5. The zero-order valence-corrected chi connectivity index (χ0v) is 13.8. The molecule has 0 radical (unpaired) electrons. The molecule has 6 nitrogen and oxygen atoms in total. The summed E-state index contributed by atoms with van der Waals surface area (Å²) in [6.45, 7) is 2.69. The van der Waals surface area contributed by atoms with Crippen molar-refractivity contribution < 1.29 is 24.2 Å². The number of carboxylic acids is 1. The van der Waals surface area contributed by atoms with E-state index in [0.717, 1.165) is 16.9 Å². The van der Waals surface area contributed by atoms with Gasteiger partial charge in [-0.15, -0.1) is 0 Å². The van der Waals surface area contributed by atoms with E-state index in [0.29, 0.717) is 13.0 Å². The van der Waals surface area contributed by atoms with Crippen LogP contribution in [-0.4, -0.2) is 55.8 Å². The van der Waals surface area contributed by atoms with Gasteiger partial charge in [-0.25, -0.2) is 0 Å². The minimum absolute atomic E-state index is 0.0739. The summed E-state index contributed by atoms with van der Waals surface area (Å²) in [6, 6.07) is 5.66. The molecule has 23 heavy (non-hydrogen) atoms. The Kier molecular flexibility index (Phi) is 5.26. The van der Waals surface area contributed by atoms with Crippen molar-refractivity contribution >= 4 is 11.9 Å². The van der Waals surface area contributed by atoms with Crippen LogP contribution in [0.15, 0.2) is 18.2 Å². The smallest absolute Gasteiger partial charge is 0.313 e. The molecule has 0 aliphatic carbocycles. The molecule has 1 aliphatic rings. The van der Waals surface area contributed by atoms with Gasteiger partial charge in [0.25, 0.3) is 0 Å². The summed E-state index contributed by atoms with van der Waals surface area (Å²) in [5.41, 5.74) is 0.877. The summed E-state index contributed by atoms with van der Waals surface area (Å²) in [6.07, 6.45) is 0.651. The number of carbonyl (C=O) groups is 2. The van der Waals surface area contributed by atoms with Gasteiger partial charge in [0, 0.05) is 20.2 Å². The van der Waals surface area contributed by atoms with E-state index in [1.165, 1.54) is 7.11 Å². The molecule has 1 aliphatic heterocycles. The van der Waals surface area contributed by atoms with Crippen LogP contribution in [-0.2, 0) is 20.7 Å². The molecular weight excluding hydrogens is 298 g/mol. The van der Waals surface area contributed by atoms with Gasteiger partial charge < -0.3 is 19.5 Å². The lowest BCUT2D eigenvalue weighted by atomic mass is 9.88. The van der Waals surface area contributed by atoms with E-state index in [1.807, 2.05) is 25.1 Å². The summed E-state index contributed by atoms with van der Waals surface area (Å²) < 4.78 is 10.3. The third-order valence-electron chi connectivity index (χ3n) is 4.41. The number of likely N-dealkylation sites (tertiary alicyclic amines) is 1. The van der Waals surface area contributed by atoms with Crippen LogP contribution in [0, 0.1) is 12.3 Å². The highest BCUT2D eigenvalue weighted by molar-refractivity contribution is 5.82. The molecule has 6 heteroatoms. The summed E-state index contributed by atoms with van der Waals surface area (Å²) in [7, 11) is 3.08. The fourth-order valence-electron chi connectivity index (χ4n) is 2.98. The van der Waals surface area contributed by atoms with E-state index in [4.69, 9.17) is 9.47 Å². The van der Waals surface area contributed by atoms with E-state index in [-0.39, 0.29) is 25.5 Å². The van der Waals surface area contributed by atoms with Gasteiger partial charge in [0.15, 0.2) is 0 Å². The number of hydrogen-bond acceptors (Lipinski definition) is 4. The molecule has 1 heterocycles. The first-order valence-corrected chi connectivity index (χ1v) is 7.55. The number of aryl methyl sites for hydroxylation is 1. The maximum atomic E-state index is 12.5. The van der Waals surface area contributed by atoms with Gasteiger partial charge in [0.1, 0.15) is 11.2 Å². The maximum absolute atomic E-state index is 12.5. The molecule has 1 atom stereocenters. The number of hydrogen-bond donors (Lipinski definition) is 1. The first-order valence-electron chi connectivity index (χ1n) is 7.55. The molecule has 126 valence electrons. The van der Waals surface area contributed by atoms with Crippen LogP contribution in [0.5, 0.6) is 5.75 Å². The van der Waals surface area contributed by atoms with Crippen molar-refractivity contribution in [2.75, 3.05) is 33.9 Å². The molecule has 2 rings (SSSR count). The molecule has 1 amide bonds. The van der Waals surface area contributed by atoms with E-state index < -0.39 is 11.4 Å². The van der Waals surface area contributed by atoms with Gasteiger partial charge in [-0.3, -0.25) is 9.59 Å². The molecule has 0 saturated carbocycles. The number of aliphatic carboxylic acids is 1. The standard InChI is InChI=1S/C17H23NO5/c1-12-4-5-13(8-14(12)23-3)9-15(19)18-7-6-17(10-18,11-22-2)16(20)21/h4-5,8H,6-7,9-11H2,1-3H3,(H,20,21). The topological polar surface area (TPSA) is 76.1 Å². The molecule has 1 aromatic carbocycles. The highest BCUT2D eigenvalue weighted by Gasteiger charge is 2.46. The molecule has 1 aromatic rings. The van der Waals surface area contributed by atoms with E-state index in [2.05, 4.69) is 0 Å². The third-order valence-corrected chi connectivity index (χ3v) is 4.41. The number of benzene rings is 1. The number of nitrogens with zero attached hydrogens (tertiary/aromatic N) is 1. The minimum atomic E-state index is -0.991. The number of carboxylic acid groups (broad SMARTS) is 1. The van der Waals surface area contributed by atoms with Gasteiger partial charge in [-0.1, -0.05) is 12.1 Å². The quantitative estimate of drug-likeness (QED) is 0.859. The Balaban J connectivity index is 2.06. The van der Waals surface area contributed by atoms with Crippen LogP contribution in [0.1, 0.15) is 17.5 Å². The summed E-state index contributed by atoms with van der Waals surface area (Å²) >= 11 is 0. The Labute approximate surface area is 136 Å². The second-order valence-corrected chi connectivity index (χ2v) is 6.06. The monoisotopic (exact) mass is 321 g/mol. The van der Waals surface area contributed by atoms with Gasteiger partial charge >= 0.3 is 5.97 Å². The lowest BCUT2D eigenvalue weighted by Crippen LogP contribution is -2.40. The maximum Gasteiger partial charge on any atom is 0.313 e. The number of rotatable bonds is 6. The number of amides is 1. The SMILES string of the molecule is COCC1(C(=O)O)CCN(C(=O)Cc2ccc(C)c(OC)c2)C1. The Hall–Kier alpha value is -2.08. The van der Waals surface area contributed by atoms with E-state index >= 15 is 0 Å². The predicted octanol–water partition coefficient (Wildman–Crippen LogP) is 1.50. The molecule has 1 saturated heterocycles. The largest absolute Gasteiger partial charge is 0.496 e. The van der Waals surface area contributed by atoms with Crippen LogP contribution in [0.25, 0.3) is 0 Å². The summed E-state index contributed by atoms with van der Waals surface area (Å²) in [4.78, 5) is 25.6. The van der Waals surface area contributed by atoms with Gasteiger partial charge in [-0.05, 0) is 30.5 Å². The number of methoxy groups -OCH3 is 2. The van der Waals surface area contributed by atoms with E-state index in [1.54, 1.807) is 12.0 Å². The Bertz CT molecular complexity index is 601. The summed E-state index contributed by atoms with van der Waals surface area (Å²) in [5, 5.41) is 9.45. The van der Waals surface area contributed by atoms with Crippen LogP contribution >= 0.6 is 0 Å². The first kappa shape index (κ1) is 17.3. The zero-order valence-electron chi connectivity index (χ0n) is 13.8. The normalized spacial score (nSPS) is 20.6. The van der Waals surface area contributed by atoms with Crippen LogP contribution in [0.4, 0.5) is 0 Å². The van der Waals surface area contributed by atoms with Crippen molar-refractivity contribution in [3.63, 3.8) is 0 Å². The van der Waals surface area contributed by atoms with Crippen LogP contribution < -0.4 is 4.74 Å². The van der Waals surface area contributed by atoms with Crippen molar-refractivity contribution in [2.24, 2.45) is 5.41 Å². The lowest BCUT2D eigenvalue weighted by Gasteiger charge is -2.23. The van der Waals surface area contributed by atoms with Gasteiger partial charge in [0.2, 0.25) is 5.91 Å². The van der Waals surface area contributed by atoms with E-state index in [9.17, 15) is 14.7 Å². The Morgan fingerprint density at radius 3 is 2.70 bits per heavy atom. The molecule has 1 unspecified atom stereocenters. The van der Waals surface area contributed by atoms with Crippen LogP contribution in [0.3, 0.4) is 0 Å². The lowest BCUT2D eigenvalue weighted by molar-refractivity contribution is -0.151. The van der Waals surface area contributed by atoms with Crippen molar-refractivity contribution in [3.05, 3.63) is 29.3 Å². The molecule has 1 fully saturated rings. The predicted molar refractivity (Wildman–Crippen MR) is 84.6 cm³/mol. The Morgan fingerprint density at radius 2 is 2.09 bits per heavy atom. The second-order valence-electron chi connectivity index (χ2n) is 6.06. The fraction of sp³-hybridized carbons (Fsp3) is 0.529. The van der Waals surface area contributed by atoms with Crippen molar-refractivity contribution in [2.45, 2.75) is 19.8 Å². The molecule has 0 aromatic heterocycles. The van der Waals surface area contributed by atoms with Gasteiger partial charge in [0.05, 0.1) is 20.1 Å². The van der Waals surface area contributed by atoms with Crippen molar-refractivity contribution in [1.29, 1.82) is 0 Å². The third kappa shape index (κ3) is 3.64. The first-order chi connectivity index (χ1) is 10.9. The molecule has 0 spiro atoms. The average molecular weight is 321 g/mol. The highest BCUT2D eigenvalue weighted by Crippen LogP contribution is 2.31. The average Bonchev–Trinajstić information content (AvgIpc) is 2.95. The number of ether oxygens (including phenoxy) is 2. The minimum Gasteiger partial charge on any atom is -0.496 e. The van der Waals surface area contributed by atoms with Gasteiger partial charge in [-0.2, -0.15) is 0 Å². The summed E-state index contributed by atoms with van der Waals surface area (Å²) in [5.74, 6) is -0.238. The Morgan fingerprint density at radius 1 is 1.35 bits per heavy atom. The second kappa shape index (κ2) is 7.00. The number of carbonyl (C=O) groups excluding carboxylic acids is 1. The molecule has 0 bridgehead atoms. The van der Waals surface area contributed by atoms with Crippen LogP contribution in [0.2, 0.25) is 0 Å². The fourth-order valence-corrected chi connectivity index (χ4v) is 2.98. The molecule has 1 N–H and O–H groups in total.